The lowest BCUT2D eigenvalue weighted by Gasteiger charge is -2.14. The molecule has 4 nitrogen and oxygen atoms in total. The van der Waals surface area contributed by atoms with Gasteiger partial charge in [0.2, 0.25) is 0 Å². The Kier molecular flexibility index (Phi) is 11.5. The van der Waals surface area contributed by atoms with Crippen molar-refractivity contribution < 1.29 is 0 Å². The number of benzene rings is 6. The minimum absolute atomic E-state index is 0.223. The van der Waals surface area contributed by atoms with E-state index in [1.807, 2.05) is 44.2 Å². The lowest BCUT2D eigenvalue weighted by Crippen LogP contribution is -2.09. The van der Waals surface area contributed by atoms with Crippen molar-refractivity contribution in [2.24, 2.45) is 5.73 Å². The van der Waals surface area contributed by atoms with E-state index < -0.39 is 0 Å². The Morgan fingerprint density at radius 3 is 1.98 bits per heavy atom. The van der Waals surface area contributed by atoms with E-state index in [-0.39, 0.29) is 6.04 Å². The molecule has 10 rings (SSSR count). The van der Waals surface area contributed by atoms with Crippen molar-refractivity contribution in [1.82, 2.24) is 8.97 Å². The molecule has 0 spiro atoms. The van der Waals surface area contributed by atoms with Crippen LogP contribution in [0.1, 0.15) is 66.7 Å². The number of aryl methyl sites for hydroxylation is 2. The van der Waals surface area contributed by atoms with Crippen molar-refractivity contribution in [1.29, 1.82) is 0 Å². The maximum Gasteiger partial charge on any atom is 0.0846 e. The lowest BCUT2D eigenvalue weighted by molar-refractivity contribution is 0.815. The molecule has 0 saturated heterocycles. The summed E-state index contributed by atoms with van der Waals surface area (Å²) in [5.74, 6) is 0. The van der Waals surface area contributed by atoms with Gasteiger partial charge in [-0.3, -0.25) is 0 Å². The number of rotatable bonds is 5. The summed E-state index contributed by atoms with van der Waals surface area (Å²) in [5, 5.41) is 10.9. The molecule has 0 radical (unpaired) electrons. The summed E-state index contributed by atoms with van der Waals surface area (Å²) < 4.78 is 4.94. The van der Waals surface area contributed by atoms with E-state index in [0.717, 1.165) is 22.7 Å². The van der Waals surface area contributed by atoms with Crippen LogP contribution in [-0.2, 0) is 0 Å². The molecule has 0 unspecified atom stereocenters. The molecule has 9 aromatic rings. The fourth-order valence-corrected chi connectivity index (χ4v) is 8.63. The Morgan fingerprint density at radius 2 is 1.29 bits per heavy atom. The normalized spacial score (nSPS) is 12.1. The number of para-hydroxylation sites is 1. The van der Waals surface area contributed by atoms with Crippen molar-refractivity contribution in [3.63, 3.8) is 0 Å². The van der Waals surface area contributed by atoms with E-state index in [9.17, 15) is 0 Å². The molecule has 1 aliphatic rings. The third kappa shape index (κ3) is 6.60. The highest BCUT2D eigenvalue weighted by Crippen LogP contribution is 2.48. The van der Waals surface area contributed by atoms with Crippen molar-refractivity contribution in [2.75, 3.05) is 12.8 Å². The molecule has 0 fully saturated rings. The number of fused-ring (bicyclic) bond motifs is 9. The van der Waals surface area contributed by atoms with E-state index in [4.69, 9.17) is 12.3 Å². The number of hydrogen-bond donors (Lipinski definition) is 2. The maximum absolute atomic E-state index is 6.02. The van der Waals surface area contributed by atoms with Crippen molar-refractivity contribution in [3.05, 3.63) is 185 Å². The first kappa shape index (κ1) is 39.6. The smallest absolute Gasteiger partial charge is 0.0846 e. The Bertz CT molecular complexity index is 3090. The Balaban J connectivity index is 0.000000224. The average molecular weight is 759 g/mol. The standard InChI is InChI=1S/C37H32N2.C14H11N.C2H6.CH5N/c1-6-8-14-26-23(3)20-21-38(35-29-17-10-11-18-30(29)35)36-31(24(26)4)22-32-28-16-12-13-19-33(28)39-25(5)27(15-9-7-2)34(36)37(32)39;15-14-9-10-5-1-2-6-11(10)12-7-3-4-8-13(12)14;2*1-2/h7-22,35H,2,4,6H2,1,3,5H3;1-9H,15H2;1-2H3;2H2,1H3/b14-8-,15-9-,21-20?,26-23?;;;. The van der Waals surface area contributed by atoms with Gasteiger partial charge < -0.3 is 20.4 Å². The second-order valence-corrected chi connectivity index (χ2v) is 14.4. The zero-order valence-electron chi connectivity index (χ0n) is 34.7. The summed E-state index contributed by atoms with van der Waals surface area (Å²) in [6.07, 6.45) is 13.9. The Morgan fingerprint density at radius 1 is 0.672 bits per heavy atom. The van der Waals surface area contributed by atoms with Gasteiger partial charge in [-0.1, -0.05) is 155 Å². The van der Waals surface area contributed by atoms with E-state index in [1.165, 1.54) is 94.8 Å². The summed E-state index contributed by atoms with van der Waals surface area (Å²) in [7, 11) is 1.50. The summed E-state index contributed by atoms with van der Waals surface area (Å²) in [6, 6.07) is 41.1. The van der Waals surface area contributed by atoms with Crippen LogP contribution in [0.15, 0.2) is 146 Å². The molecule has 6 aromatic carbocycles. The van der Waals surface area contributed by atoms with Crippen LogP contribution in [0.5, 0.6) is 0 Å². The fourth-order valence-electron chi connectivity index (χ4n) is 8.63. The molecule has 0 bridgehead atoms. The molecular weight excluding hydrogens is 705 g/mol. The third-order valence-corrected chi connectivity index (χ3v) is 11.2. The number of allylic oxidation sites excluding steroid dienone is 3. The highest BCUT2D eigenvalue weighted by molar-refractivity contribution is 6.25. The van der Waals surface area contributed by atoms with Crippen LogP contribution in [0.4, 0.5) is 5.69 Å². The molecule has 290 valence electrons. The summed E-state index contributed by atoms with van der Waals surface area (Å²) in [6.45, 7) is 19.3. The van der Waals surface area contributed by atoms with Gasteiger partial charge in [-0.05, 0) is 95.2 Å². The van der Waals surface area contributed by atoms with Crippen LogP contribution in [0.3, 0.4) is 0 Å². The molecule has 0 atom stereocenters. The van der Waals surface area contributed by atoms with Gasteiger partial charge in [-0.25, -0.2) is 0 Å². The van der Waals surface area contributed by atoms with Gasteiger partial charge in [0.15, 0.2) is 0 Å². The number of nitrogen functional groups attached to an aromatic ring is 1. The quantitative estimate of drug-likeness (QED) is 0.104. The van der Waals surface area contributed by atoms with Crippen LogP contribution in [-0.4, -0.2) is 16.0 Å². The molecule has 4 N–H and O–H groups in total. The van der Waals surface area contributed by atoms with Gasteiger partial charge >= 0.3 is 0 Å². The minimum atomic E-state index is 0.223. The van der Waals surface area contributed by atoms with Gasteiger partial charge in [0, 0.05) is 50.1 Å². The molecule has 4 heteroatoms. The van der Waals surface area contributed by atoms with E-state index in [0.29, 0.717) is 0 Å². The number of nitrogens with two attached hydrogens (primary N) is 2. The molecule has 58 heavy (non-hydrogen) atoms. The number of nitrogens with zero attached hydrogens (tertiary/aromatic N) is 2. The lowest BCUT2D eigenvalue weighted by atomic mass is 9.98. The van der Waals surface area contributed by atoms with Gasteiger partial charge in [-0.2, -0.15) is 0 Å². The average Bonchev–Trinajstić information content (AvgIpc) is 3.79. The predicted octanol–water partition coefficient (Wildman–Crippen LogP) is 13.3. The Labute approximate surface area is 342 Å². The van der Waals surface area contributed by atoms with Crippen LogP contribution in [0.25, 0.3) is 78.4 Å². The minimum Gasteiger partial charge on any atom is -0.398 e. The molecule has 1 aliphatic carbocycles. The van der Waals surface area contributed by atoms with Crippen molar-refractivity contribution >= 4 is 84.1 Å². The zero-order chi connectivity index (χ0) is 41.1. The molecule has 0 saturated carbocycles. The first-order valence-corrected chi connectivity index (χ1v) is 20.4. The topological polar surface area (TPSA) is 61.4 Å². The van der Waals surface area contributed by atoms with Crippen LogP contribution >= 0.6 is 0 Å². The monoisotopic (exact) mass is 758 g/mol. The second kappa shape index (κ2) is 16.9. The summed E-state index contributed by atoms with van der Waals surface area (Å²) >= 11 is 0. The van der Waals surface area contributed by atoms with Crippen LogP contribution < -0.4 is 16.7 Å². The molecule has 3 heterocycles. The number of anilines is 1. The van der Waals surface area contributed by atoms with Crippen molar-refractivity contribution in [2.45, 2.75) is 47.1 Å². The third-order valence-electron chi connectivity index (χ3n) is 11.2. The zero-order valence-corrected chi connectivity index (χ0v) is 34.7. The second-order valence-electron chi connectivity index (χ2n) is 14.4. The fraction of sp³-hybridized carbons (Fsp3) is 0.148. The van der Waals surface area contributed by atoms with Gasteiger partial charge in [0.1, 0.15) is 0 Å². The summed E-state index contributed by atoms with van der Waals surface area (Å²) in [4.78, 5) is 0. The number of hydrogen-bond acceptors (Lipinski definition) is 2. The van der Waals surface area contributed by atoms with Crippen LogP contribution in [0.2, 0.25) is 0 Å². The SMILES string of the molecule is C=C/C=C\c1c(C)n2c3ccccc3c3cc4c(=C)c(/C=C\CC)c(C)ccn(C5c6ccccc65)c4c1c32.CC.CN.Nc1cc2ccccc2c2ccccc12. The highest BCUT2D eigenvalue weighted by atomic mass is 15.0. The highest BCUT2D eigenvalue weighted by Gasteiger charge is 2.34. The van der Waals surface area contributed by atoms with Gasteiger partial charge in [0.05, 0.1) is 22.6 Å². The first-order chi connectivity index (χ1) is 28.4. The predicted molar refractivity (Wildman–Crippen MR) is 256 cm³/mol. The molecular formula is C54H54N4. The summed E-state index contributed by atoms with van der Waals surface area (Å²) in [5.41, 5.74) is 22.8. The molecule has 0 amide bonds. The first-order valence-electron chi connectivity index (χ1n) is 20.4. The van der Waals surface area contributed by atoms with Crippen molar-refractivity contribution in [3.8, 4) is 0 Å². The molecule has 3 aromatic heterocycles. The Hall–Kier alpha value is -6.62. The number of aromatic nitrogens is 2. The molecule has 0 aliphatic heterocycles. The van der Waals surface area contributed by atoms with E-state index >= 15 is 0 Å². The van der Waals surface area contributed by atoms with E-state index in [1.54, 1.807) is 0 Å². The van der Waals surface area contributed by atoms with Gasteiger partial charge in [-0.15, -0.1) is 0 Å². The van der Waals surface area contributed by atoms with E-state index in [2.05, 4.69) is 164 Å². The van der Waals surface area contributed by atoms with Crippen LogP contribution in [0, 0.1) is 13.8 Å². The largest absolute Gasteiger partial charge is 0.398 e. The maximum atomic E-state index is 6.02. The van der Waals surface area contributed by atoms with Gasteiger partial charge in [0.25, 0.3) is 0 Å².